The van der Waals surface area contributed by atoms with Crippen LogP contribution in [0, 0.1) is 29.6 Å². The number of likely N-dealkylation sites (N-methyl/N-ethyl adjacent to an activating group) is 1. The molecule has 1 aromatic rings. The van der Waals surface area contributed by atoms with E-state index in [2.05, 4.69) is 22.2 Å². The highest BCUT2D eigenvalue weighted by molar-refractivity contribution is 5.19. The van der Waals surface area contributed by atoms with E-state index < -0.39 is 0 Å². The van der Waals surface area contributed by atoms with Crippen molar-refractivity contribution >= 4 is 0 Å². The first-order valence-corrected chi connectivity index (χ1v) is 8.40. The van der Waals surface area contributed by atoms with Crippen molar-refractivity contribution < 1.29 is 4.74 Å². The summed E-state index contributed by atoms with van der Waals surface area (Å²) in [7, 11) is 1.66. The number of methoxy groups -OCH3 is 1. The van der Waals surface area contributed by atoms with Gasteiger partial charge in [-0.1, -0.05) is 6.92 Å². The normalized spacial score (nSPS) is 37.3. The highest BCUT2D eigenvalue weighted by Gasteiger charge is 2.66. The molecule has 4 heteroatoms. The van der Waals surface area contributed by atoms with E-state index in [9.17, 15) is 0 Å². The number of fused-ring (bicyclic) bond motifs is 5. The van der Waals surface area contributed by atoms with Crippen molar-refractivity contribution in [2.75, 3.05) is 13.7 Å². The van der Waals surface area contributed by atoms with Gasteiger partial charge >= 0.3 is 0 Å². The zero-order valence-corrected chi connectivity index (χ0v) is 13.0. The lowest BCUT2D eigenvalue weighted by molar-refractivity contribution is 0.362. The molecule has 3 aliphatic rings. The van der Waals surface area contributed by atoms with Gasteiger partial charge in [0.2, 0.25) is 5.88 Å². The molecule has 4 rings (SSSR count). The Kier molecular flexibility index (Phi) is 3.37. The van der Waals surface area contributed by atoms with Gasteiger partial charge in [0.05, 0.1) is 7.11 Å². The van der Waals surface area contributed by atoms with Gasteiger partial charge in [-0.15, -0.1) is 0 Å². The number of hydrogen-bond donors (Lipinski definition) is 1. The molecule has 1 N–H and O–H groups in total. The zero-order valence-electron chi connectivity index (χ0n) is 13.0. The van der Waals surface area contributed by atoms with Crippen molar-refractivity contribution in [3.05, 3.63) is 18.1 Å². The highest BCUT2D eigenvalue weighted by atomic mass is 16.5. The third kappa shape index (κ3) is 2.24. The molecule has 0 aliphatic heterocycles. The van der Waals surface area contributed by atoms with E-state index >= 15 is 0 Å². The smallest absolute Gasteiger partial charge is 0.216 e. The quantitative estimate of drug-likeness (QED) is 0.872. The summed E-state index contributed by atoms with van der Waals surface area (Å²) in [6.45, 7) is 3.25. The molecule has 1 heterocycles. The largest absolute Gasteiger partial charge is 0.481 e. The first kappa shape index (κ1) is 13.5. The minimum atomic E-state index is 0.577. The van der Waals surface area contributed by atoms with Gasteiger partial charge in [0.25, 0.3) is 0 Å². The molecule has 3 fully saturated rings. The summed E-state index contributed by atoms with van der Waals surface area (Å²) in [6.07, 6.45) is 7.12. The second-order valence-electron chi connectivity index (χ2n) is 6.99. The lowest BCUT2D eigenvalue weighted by Crippen LogP contribution is -2.35. The topological polar surface area (TPSA) is 47.0 Å². The Bertz CT molecular complexity index is 505. The van der Waals surface area contributed by atoms with Crippen LogP contribution in [-0.4, -0.2) is 29.7 Å². The van der Waals surface area contributed by atoms with Crippen molar-refractivity contribution in [2.24, 2.45) is 29.6 Å². The van der Waals surface area contributed by atoms with Crippen molar-refractivity contribution in [3.8, 4) is 5.88 Å². The van der Waals surface area contributed by atoms with E-state index in [1.165, 1.54) is 19.3 Å². The predicted molar refractivity (Wildman–Crippen MR) is 81.1 cm³/mol. The molecule has 3 aliphatic carbocycles. The van der Waals surface area contributed by atoms with Crippen molar-refractivity contribution in [1.82, 2.24) is 15.3 Å². The maximum atomic E-state index is 5.22. The van der Waals surface area contributed by atoms with Crippen LogP contribution in [-0.2, 0) is 6.42 Å². The molecule has 4 nitrogen and oxygen atoms in total. The maximum absolute atomic E-state index is 5.22. The minimum Gasteiger partial charge on any atom is -0.481 e. The standard InChI is InChI=1S/C17H25N3O/c1-3-18-13(7-12-8-14(21-2)20-9-19-12)17-15-10-4-5-11(6-10)16(15)17/h8-11,13,15-18H,3-7H2,1-2H3. The van der Waals surface area contributed by atoms with Crippen LogP contribution in [0.3, 0.4) is 0 Å². The average Bonchev–Trinajstić information content (AvgIpc) is 2.94. The molecular formula is C17H25N3O. The Balaban J connectivity index is 1.48. The van der Waals surface area contributed by atoms with Crippen LogP contribution in [0.2, 0.25) is 0 Å². The van der Waals surface area contributed by atoms with Crippen molar-refractivity contribution in [1.29, 1.82) is 0 Å². The molecule has 114 valence electrons. The van der Waals surface area contributed by atoms with Crippen LogP contribution in [0.4, 0.5) is 0 Å². The van der Waals surface area contributed by atoms with Gasteiger partial charge in [-0.2, -0.15) is 0 Å². The van der Waals surface area contributed by atoms with Gasteiger partial charge in [-0.25, -0.2) is 9.97 Å². The van der Waals surface area contributed by atoms with Gasteiger partial charge in [-0.3, -0.25) is 0 Å². The SMILES string of the molecule is CCNC(Cc1cc(OC)ncn1)C1C2C3CCC(C3)C21. The summed E-state index contributed by atoms with van der Waals surface area (Å²) in [5.41, 5.74) is 1.10. The number of ether oxygens (including phenoxy) is 1. The fourth-order valence-corrected chi connectivity index (χ4v) is 5.36. The van der Waals surface area contributed by atoms with Gasteiger partial charge in [0.15, 0.2) is 0 Å². The van der Waals surface area contributed by atoms with Crippen LogP contribution < -0.4 is 10.1 Å². The van der Waals surface area contributed by atoms with Crippen LogP contribution in [0.15, 0.2) is 12.4 Å². The second-order valence-corrected chi connectivity index (χ2v) is 6.99. The predicted octanol–water partition coefficient (Wildman–Crippen LogP) is 2.30. The van der Waals surface area contributed by atoms with E-state index in [1.54, 1.807) is 13.4 Å². The average molecular weight is 287 g/mol. The summed E-state index contributed by atoms with van der Waals surface area (Å²) >= 11 is 0. The monoisotopic (exact) mass is 287 g/mol. The lowest BCUT2D eigenvalue weighted by atomic mass is 9.94. The molecule has 0 aromatic carbocycles. The van der Waals surface area contributed by atoms with Crippen LogP contribution >= 0.6 is 0 Å². The van der Waals surface area contributed by atoms with E-state index in [0.717, 1.165) is 48.2 Å². The number of rotatable bonds is 6. The Hall–Kier alpha value is -1.16. The van der Waals surface area contributed by atoms with E-state index in [-0.39, 0.29) is 0 Å². The van der Waals surface area contributed by atoms with Crippen molar-refractivity contribution in [2.45, 2.75) is 38.6 Å². The number of nitrogens with one attached hydrogen (secondary N) is 1. The Labute approximate surface area is 126 Å². The molecule has 0 saturated heterocycles. The van der Waals surface area contributed by atoms with E-state index in [0.29, 0.717) is 11.9 Å². The zero-order chi connectivity index (χ0) is 14.4. The molecule has 0 amide bonds. The first-order valence-electron chi connectivity index (χ1n) is 8.40. The fourth-order valence-electron chi connectivity index (χ4n) is 5.36. The van der Waals surface area contributed by atoms with E-state index in [4.69, 9.17) is 4.74 Å². The summed E-state index contributed by atoms with van der Waals surface area (Å²) in [4.78, 5) is 8.55. The summed E-state index contributed by atoms with van der Waals surface area (Å²) in [5.74, 6) is 5.65. The molecule has 21 heavy (non-hydrogen) atoms. The second kappa shape index (κ2) is 5.24. The molecule has 1 aromatic heterocycles. The Morgan fingerprint density at radius 2 is 2.05 bits per heavy atom. The molecule has 0 radical (unpaired) electrons. The van der Waals surface area contributed by atoms with Gasteiger partial charge in [0, 0.05) is 24.2 Å². The fraction of sp³-hybridized carbons (Fsp3) is 0.765. The molecule has 3 saturated carbocycles. The third-order valence-electron chi connectivity index (χ3n) is 6.06. The number of aromatic nitrogens is 2. The highest BCUT2D eigenvalue weighted by Crippen LogP contribution is 2.70. The molecular weight excluding hydrogens is 262 g/mol. The minimum absolute atomic E-state index is 0.577. The van der Waals surface area contributed by atoms with Crippen LogP contribution in [0.25, 0.3) is 0 Å². The van der Waals surface area contributed by atoms with Crippen LogP contribution in [0.1, 0.15) is 31.9 Å². The van der Waals surface area contributed by atoms with Gasteiger partial charge in [-0.05, 0) is 55.4 Å². The molecule has 2 bridgehead atoms. The maximum Gasteiger partial charge on any atom is 0.216 e. The summed E-state index contributed by atoms with van der Waals surface area (Å²) < 4.78 is 5.22. The molecule has 0 spiro atoms. The Morgan fingerprint density at radius 1 is 1.29 bits per heavy atom. The lowest BCUT2D eigenvalue weighted by Gasteiger charge is -2.21. The van der Waals surface area contributed by atoms with Gasteiger partial charge < -0.3 is 10.1 Å². The van der Waals surface area contributed by atoms with Crippen molar-refractivity contribution in [3.63, 3.8) is 0 Å². The molecule has 5 atom stereocenters. The third-order valence-corrected chi connectivity index (χ3v) is 6.06. The van der Waals surface area contributed by atoms with Gasteiger partial charge in [0.1, 0.15) is 6.33 Å². The summed E-state index contributed by atoms with van der Waals surface area (Å²) in [6, 6.07) is 2.56. The van der Waals surface area contributed by atoms with E-state index in [1.807, 2.05) is 6.07 Å². The molecule has 5 unspecified atom stereocenters. The number of hydrogen-bond acceptors (Lipinski definition) is 4. The number of nitrogens with zero attached hydrogens (tertiary/aromatic N) is 2. The van der Waals surface area contributed by atoms with Crippen LogP contribution in [0.5, 0.6) is 5.88 Å². The summed E-state index contributed by atoms with van der Waals surface area (Å²) in [5, 5.41) is 3.73. The first-order chi connectivity index (χ1) is 10.3. The Morgan fingerprint density at radius 3 is 2.71 bits per heavy atom.